The van der Waals surface area contributed by atoms with Crippen molar-refractivity contribution in [3.05, 3.63) is 64.8 Å². The monoisotopic (exact) mass is 353 g/mol. The van der Waals surface area contributed by atoms with Crippen molar-refractivity contribution in [1.82, 2.24) is 4.98 Å². The fourth-order valence-electron chi connectivity index (χ4n) is 2.93. The fourth-order valence-corrected chi connectivity index (χ4v) is 3.21. The standard InChI is InChI=1S/C20H16ClNO3/c1-2-12-9-14-10-13(7-8-15(14)22-20(12)21)19(23)18-11-24-16-5-3-4-6-17(16)25-18/h3-10,18H,2,11H2,1H3. The number of hydrogen-bond acceptors (Lipinski definition) is 4. The lowest BCUT2D eigenvalue weighted by Gasteiger charge is -2.25. The number of nitrogens with zero attached hydrogens (tertiary/aromatic N) is 1. The molecule has 4 rings (SSSR count). The number of rotatable bonds is 3. The first-order valence-electron chi connectivity index (χ1n) is 8.17. The average molecular weight is 354 g/mol. The number of halogens is 1. The van der Waals surface area contributed by atoms with Gasteiger partial charge in [-0.25, -0.2) is 4.98 Å². The van der Waals surface area contributed by atoms with Crippen LogP contribution in [0.25, 0.3) is 10.9 Å². The van der Waals surface area contributed by atoms with Gasteiger partial charge in [-0.2, -0.15) is 0 Å². The molecule has 2 aromatic carbocycles. The van der Waals surface area contributed by atoms with Crippen LogP contribution in [0.1, 0.15) is 22.8 Å². The van der Waals surface area contributed by atoms with E-state index in [1.54, 1.807) is 12.1 Å². The van der Waals surface area contributed by atoms with Crippen LogP contribution in [0.15, 0.2) is 48.5 Å². The van der Waals surface area contributed by atoms with Crippen molar-refractivity contribution in [2.45, 2.75) is 19.4 Å². The van der Waals surface area contributed by atoms with Gasteiger partial charge in [0.05, 0.1) is 5.52 Å². The molecule has 2 heterocycles. The largest absolute Gasteiger partial charge is 0.485 e. The SMILES string of the molecule is CCc1cc2cc(C(=O)C3COc4ccccc4O3)ccc2nc1Cl. The highest BCUT2D eigenvalue weighted by Crippen LogP contribution is 2.32. The molecule has 0 N–H and O–H groups in total. The highest BCUT2D eigenvalue weighted by atomic mass is 35.5. The Labute approximate surface area is 150 Å². The maximum absolute atomic E-state index is 12.8. The Morgan fingerprint density at radius 2 is 2.00 bits per heavy atom. The Morgan fingerprint density at radius 1 is 1.20 bits per heavy atom. The molecule has 0 radical (unpaired) electrons. The lowest BCUT2D eigenvalue weighted by Crippen LogP contribution is -2.36. The summed E-state index contributed by atoms with van der Waals surface area (Å²) in [6.07, 6.45) is 0.134. The Balaban J connectivity index is 1.65. The van der Waals surface area contributed by atoms with Crippen LogP contribution >= 0.6 is 11.6 Å². The van der Waals surface area contributed by atoms with Gasteiger partial charge in [0.1, 0.15) is 11.8 Å². The third-order valence-corrected chi connectivity index (χ3v) is 4.63. The van der Waals surface area contributed by atoms with Gasteiger partial charge >= 0.3 is 0 Å². The highest BCUT2D eigenvalue weighted by molar-refractivity contribution is 6.30. The zero-order valence-electron chi connectivity index (χ0n) is 13.7. The Bertz CT molecular complexity index is 970. The normalized spacial score (nSPS) is 16.0. The van der Waals surface area contributed by atoms with Crippen LogP contribution in [0.5, 0.6) is 11.5 Å². The summed E-state index contributed by atoms with van der Waals surface area (Å²) in [5.41, 5.74) is 2.31. The fraction of sp³-hybridized carbons (Fsp3) is 0.200. The van der Waals surface area contributed by atoms with E-state index in [1.165, 1.54) is 0 Å². The van der Waals surface area contributed by atoms with Crippen molar-refractivity contribution in [2.75, 3.05) is 6.61 Å². The first kappa shape index (κ1) is 15.9. The van der Waals surface area contributed by atoms with Gasteiger partial charge in [-0.15, -0.1) is 0 Å². The molecule has 1 aliphatic heterocycles. The van der Waals surface area contributed by atoms with Gasteiger partial charge in [0.25, 0.3) is 0 Å². The molecule has 4 nitrogen and oxygen atoms in total. The maximum Gasteiger partial charge on any atom is 0.206 e. The maximum atomic E-state index is 12.8. The van der Waals surface area contributed by atoms with Crippen molar-refractivity contribution < 1.29 is 14.3 Å². The molecular weight excluding hydrogens is 338 g/mol. The van der Waals surface area contributed by atoms with Gasteiger partial charge in [0.15, 0.2) is 17.6 Å². The highest BCUT2D eigenvalue weighted by Gasteiger charge is 2.28. The summed E-state index contributed by atoms with van der Waals surface area (Å²) in [6, 6.07) is 14.7. The van der Waals surface area contributed by atoms with Crippen LogP contribution in [0.3, 0.4) is 0 Å². The van der Waals surface area contributed by atoms with Crippen molar-refractivity contribution in [3.8, 4) is 11.5 Å². The second kappa shape index (κ2) is 6.37. The molecule has 0 saturated carbocycles. The van der Waals surface area contributed by atoms with Crippen LogP contribution in [-0.2, 0) is 6.42 Å². The molecule has 5 heteroatoms. The number of ether oxygens (including phenoxy) is 2. The first-order valence-corrected chi connectivity index (χ1v) is 8.55. The van der Waals surface area contributed by atoms with E-state index in [0.717, 1.165) is 22.9 Å². The molecule has 0 amide bonds. The minimum atomic E-state index is -0.654. The van der Waals surface area contributed by atoms with E-state index in [9.17, 15) is 4.79 Å². The number of aryl methyl sites for hydroxylation is 1. The molecule has 0 saturated heterocycles. The third-order valence-electron chi connectivity index (χ3n) is 4.31. The average Bonchev–Trinajstić information content (AvgIpc) is 2.66. The number of carbonyl (C=O) groups excluding carboxylic acids is 1. The molecule has 1 aromatic heterocycles. The second-order valence-electron chi connectivity index (χ2n) is 5.93. The predicted molar refractivity (Wildman–Crippen MR) is 96.8 cm³/mol. The minimum absolute atomic E-state index is 0.107. The van der Waals surface area contributed by atoms with E-state index < -0.39 is 6.10 Å². The lowest BCUT2D eigenvalue weighted by molar-refractivity contribution is 0.0586. The smallest absolute Gasteiger partial charge is 0.206 e. The zero-order valence-corrected chi connectivity index (χ0v) is 14.4. The summed E-state index contributed by atoms with van der Waals surface area (Å²) in [4.78, 5) is 17.2. The molecule has 25 heavy (non-hydrogen) atoms. The van der Waals surface area contributed by atoms with E-state index in [0.29, 0.717) is 22.2 Å². The minimum Gasteiger partial charge on any atom is -0.485 e. The van der Waals surface area contributed by atoms with Gasteiger partial charge in [0, 0.05) is 10.9 Å². The van der Waals surface area contributed by atoms with Gasteiger partial charge in [-0.1, -0.05) is 30.7 Å². The lowest BCUT2D eigenvalue weighted by atomic mass is 10.0. The molecule has 0 fully saturated rings. The van der Waals surface area contributed by atoms with Crippen molar-refractivity contribution in [2.24, 2.45) is 0 Å². The second-order valence-corrected chi connectivity index (χ2v) is 6.29. The number of hydrogen-bond donors (Lipinski definition) is 0. The van der Waals surface area contributed by atoms with Gasteiger partial charge in [-0.05, 0) is 48.4 Å². The third kappa shape index (κ3) is 2.94. The molecule has 1 atom stereocenters. The summed E-state index contributed by atoms with van der Waals surface area (Å²) in [7, 11) is 0. The van der Waals surface area contributed by atoms with Crippen LogP contribution in [0.4, 0.5) is 0 Å². The molecule has 0 aliphatic carbocycles. The summed E-state index contributed by atoms with van der Waals surface area (Å²) >= 11 is 6.16. The van der Waals surface area contributed by atoms with E-state index in [4.69, 9.17) is 21.1 Å². The van der Waals surface area contributed by atoms with Crippen LogP contribution in [0, 0.1) is 0 Å². The van der Waals surface area contributed by atoms with E-state index in [-0.39, 0.29) is 12.4 Å². The molecule has 1 unspecified atom stereocenters. The van der Waals surface area contributed by atoms with E-state index in [1.807, 2.05) is 43.3 Å². The zero-order chi connectivity index (χ0) is 17.4. The summed E-state index contributed by atoms with van der Waals surface area (Å²) in [6.45, 7) is 2.22. The van der Waals surface area contributed by atoms with Crippen LogP contribution in [-0.4, -0.2) is 23.5 Å². The molecule has 1 aliphatic rings. The molecule has 0 spiro atoms. The Morgan fingerprint density at radius 3 is 2.80 bits per heavy atom. The van der Waals surface area contributed by atoms with Crippen molar-refractivity contribution in [1.29, 1.82) is 0 Å². The number of pyridine rings is 1. The molecule has 0 bridgehead atoms. The van der Waals surface area contributed by atoms with Crippen molar-refractivity contribution in [3.63, 3.8) is 0 Å². The van der Waals surface area contributed by atoms with Gasteiger partial charge in [0.2, 0.25) is 5.78 Å². The number of benzene rings is 2. The van der Waals surface area contributed by atoms with Crippen LogP contribution < -0.4 is 9.47 Å². The predicted octanol–water partition coefficient (Wildman–Crippen LogP) is 4.47. The Kier molecular flexibility index (Phi) is 4.06. The van der Waals surface area contributed by atoms with E-state index >= 15 is 0 Å². The number of aromatic nitrogens is 1. The van der Waals surface area contributed by atoms with Gasteiger partial charge in [-0.3, -0.25) is 4.79 Å². The first-order chi connectivity index (χ1) is 12.2. The number of fused-ring (bicyclic) bond motifs is 2. The number of Topliss-reactive ketones (excluding diaryl/α,β-unsaturated/α-hetero) is 1. The topological polar surface area (TPSA) is 48.4 Å². The molecular formula is C20H16ClNO3. The van der Waals surface area contributed by atoms with Gasteiger partial charge < -0.3 is 9.47 Å². The molecule has 3 aromatic rings. The number of ketones is 1. The van der Waals surface area contributed by atoms with Crippen molar-refractivity contribution >= 4 is 28.3 Å². The van der Waals surface area contributed by atoms with Crippen LogP contribution in [0.2, 0.25) is 5.15 Å². The van der Waals surface area contributed by atoms with E-state index in [2.05, 4.69) is 4.98 Å². The summed E-state index contributed by atoms with van der Waals surface area (Å²) in [5.74, 6) is 1.15. The number of carbonyl (C=O) groups is 1. The summed E-state index contributed by atoms with van der Waals surface area (Å²) < 4.78 is 11.5. The molecule has 126 valence electrons. The Hall–Kier alpha value is -2.59. The summed E-state index contributed by atoms with van der Waals surface area (Å²) in [5, 5.41) is 1.40. The number of para-hydroxylation sites is 2. The quantitative estimate of drug-likeness (QED) is 0.514.